The summed E-state index contributed by atoms with van der Waals surface area (Å²) in [5, 5.41) is 13.5. The number of urea groups is 1. The van der Waals surface area contributed by atoms with Crippen molar-refractivity contribution in [3.8, 4) is 11.4 Å². The van der Waals surface area contributed by atoms with Crippen LogP contribution in [-0.4, -0.2) is 33.1 Å². The van der Waals surface area contributed by atoms with Crippen LogP contribution in [0, 0.1) is 0 Å². The highest BCUT2D eigenvalue weighted by Gasteiger charge is 2.06. The molecule has 0 radical (unpaired) electrons. The second kappa shape index (κ2) is 7.23. The summed E-state index contributed by atoms with van der Waals surface area (Å²) >= 11 is 0. The average Bonchev–Trinajstić information content (AvgIpc) is 3.10. The van der Waals surface area contributed by atoms with Gasteiger partial charge in [-0.05, 0) is 24.3 Å². The van der Waals surface area contributed by atoms with Gasteiger partial charge in [0.1, 0.15) is 11.4 Å². The molecule has 0 bridgehead atoms. The van der Waals surface area contributed by atoms with Crippen LogP contribution in [0.2, 0.25) is 0 Å². The van der Waals surface area contributed by atoms with E-state index in [1.165, 1.54) is 0 Å². The number of rotatable bonds is 5. The zero-order valence-electron chi connectivity index (χ0n) is 13.0. The van der Waals surface area contributed by atoms with E-state index in [0.717, 1.165) is 5.69 Å². The lowest BCUT2D eigenvalue weighted by atomic mass is 10.3. The van der Waals surface area contributed by atoms with Crippen molar-refractivity contribution in [2.75, 3.05) is 12.4 Å². The molecule has 2 N–H and O–H groups in total. The molecule has 24 heavy (non-hydrogen) atoms. The minimum absolute atomic E-state index is 0.265. The lowest BCUT2D eigenvalue weighted by Gasteiger charge is -2.07. The number of ether oxygens (including phenoxy) is 1. The van der Waals surface area contributed by atoms with Gasteiger partial charge in [0.2, 0.25) is 0 Å². The predicted molar refractivity (Wildman–Crippen MR) is 88.0 cm³/mol. The lowest BCUT2D eigenvalue weighted by Crippen LogP contribution is -2.28. The summed E-state index contributed by atoms with van der Waals surface area (Å²) in [4.78, 5) is 15.9. The molecule has 3 rings (SSSR count). The first-order valence-corrected chi connectivity index (χ1v) is 7.25. The Hall–Kier alpha value is -3.42. The maximum absolute atomic E-state index is 11.9. The summed E-state index contributed by atoms with van der Waals surface area (Å²) in [6.07, 6.45) is 5.11. The third-order valence-corrected chi connectivity index (χ3v) is 3.23. The van der Waals surface area contributed by atoms with Gasteiger partial charge in [-0.2, -0.15) is 0 Å². The smallest absolute Gasteiger partial charge is 0.319 e. The van der Waals surface area contributed by atoms with Gasteiger partial charge in [0, 0.05) is 24.1 Å². The second-order valence-electron chi connectivity index (χ2n) is 4.90. The van der Waals surface area contributed by atoms with Gasteiger partial charge in [-0.15, -0.1) is 5.10 Å². The quantitative estimate of drug-likeness (QED) is 0.748. The minimum atomic E-state index is -0.332. The van der Waals surface area contributed by atoms with Crippen molar-refractivity contribution >= 4 is 11.7 Å². The van der Waals surface area contributed by atoms with Crippen molar-refractivity contribution in [3.63, 3.8) is 0 Å². The van der Waals surface area contributed by atoms with Gasteiger partial charge in [0.05, 0.1) is 25.5 Å². The second-order valence-corrected chi connectivity index (χ2v) is 4.90. The third-order valence-electron chi connectivity index (χ3n) is 3.23. The summed E-state index contributed by atoms with van der Waals surface area (Å²) in [5.41, 5.74) is 2.14. The first kappa shape index (κ1) is 15.5. The standard InChI is InChI=1S/C16H16N6O2/c1-24-15-4-2-3-12(9-15)19-16(23)18-10-13-11-22(21-20-13)14-5-7-17-8-6-14/h2-9,11H,10H2,1H3,(H2,18,19,23). The van der Waals surface area contributed by atoms with E-state index in [1.807, 2.05) is 12.1 Å². The summed E-state index contributed by atoms with van der Waals surface area (Å²) in [6.45, 7) is 0.265. The zero-order valence-corrected chi connectivity index (χ0v) is 13.0. The van der Waals surface area contributed by atoms with E-state index in [1.54, 1.807) is 54.6 Å². The molecule has 2 amide bonds. The van der Waals surface area contributed by atoms with Crippen molar-refractivity contribution in [3.05, 3.63) is 60.7 Å². The van der Waals surface area contributed by atoms with Gasteiger partial charge in [-0.25, -0.2) is 9.48 Å². The lowest BCUT2D eigenvalue weighted by molar-refractivity contribution is 0.251. The summed E-state index contributed by atoms with van der Waals surface area (Å²) in [7, 11) is 1.57. The molecule has 0 aliphatic carbocycles. The Bertz CT molecular complexity index is 818. The van der Waals surface area contributed by atoms with E-state index < -0.39 is 0 Å². The maximum atomic E-state index is 11.9. The molecule has 0 saturated carbocycles. The van der Waals surface area contributed by atoms with Crippen molar-refractivity contribution in [1.29, 1.82) is 0 Å². The van der Waals surface area contributed by atoms with E-state index in [2.05, 4.69) is 25.9 Å². The molecule has 1 aromatic carbocycles. The largest absolute Gasteiger partial charge is 0.497 e. The first-order valence-electron chi connectivity index (χ1n) is 7.25. The molecule has 0 aliphatic heterocycles. The van der Waals surface area contributed by atoms with Gasteiger partial charge < -0.3 is 15.4 Å². The summed E-state index contributed by atoms with van der Waals surface area (Å²) < 4.78 is 6.74. The number of amides is 2. The number of aromatic nitrogens is 4. The Morgan fingerprint density at radius 2 is 2.08 bits per heavy atom. The van der Waals surface area contributed by atoms with E-state index in [9.17, 15) is 4.79 Å². The van der Waals surface area contributed by atoms with Crippen LogP contribution in [0.5, 0.6) is 5.75 Å². The number of anilines is 1. The molecule has 0 aliphatic rings. The SMILES string of the molecule is COc1cccc(NC(=O)NCc2cn(-c3ccncc3)nn2)c1. The van der Waals surface area contributed by atoms with Gasteiger partial charge in [-0.3, -0.25) is 4.98 Å². The monoisotopic (exact) mass is 324 g/mol. The van der Waals surface area contributed by atoms with Gasteiger partial charge in [-0.1, -0.05) is 11.3 Å². The van der Waals surface area contributed by atoms with Crippen LogP contribution in [0.4, 0.5) is 10.5 Å². The molecule has 0 unspecified atom stereocenters. The number of nitrogens with one attached hydrogen (secondary N) is 2. The van der Waals surface area contributed by atoms with E-state index >= 15 is 0 Å². The Kier molecular flexibility index (Phi) is 4.66. The molecule has 2 heterocycles. The van der Waals surface area contributed by atoms with Crippen molar-refractivity contribution in [1.82, 2.24) is 25.3 Å². The molecular formula is C16H16N6O2. The molecule has 122 valence electrons. The fourth-order valence-corrected chi connectivity index (χ4v) is 2.05. The highest BCUT2D eigenvalue weighted by atomic mass is 16.5. The Balaban J connectivity index is 1.56. The third kappa shape index (κ3) is 3.86. The van der Waals surface area contributed by atoms with Crippen molar-refractivity contribution in [2.45, 2.75) is 6.54 Å². The van der Waals surface area contributed by atoms with Crippen LogP contribution in [0.25, 0.3) is 5.69 Å². The van der Waals surface area contributed by atoms with E-state index in [4.69, 9.17) is 4.74 Å². The molecule has 8 heteroatoms. The fourth-order valence-electron chi connectivity index (χ4n) is 2.05. The normalized spacial score (nSPS) is 10.2. The average molecular weight is 324 g/mol. The maximum Gasteiger partial charge on any atom is 0.319 e. The highest BCUT2D eigenvalue weighted by molar-refractivity contribution is 5.89. The number of carbonyl (C=O) groups excluding carboxylic acids is 1. The molecule has 0 atom stereocenters. The van der Waals surface area contributed by atoms with Crippen LogP contribution >= 0.6 is 0 Å². The van der Waals surface area contributed by atoms with Crippen LogP contribution in [0.15, 0.2) is 55.0 Å². The molecule has 2 aromatic heterocycles. The molecule has 0 saturated heterocycles. The van der Waals surface area contributed by atoms with Gasteiger partial charge in [0.25, 0.3) is 0 Å². The number of hydrogen-bond donors (Lipinski definition) is 2. The van der Waals surface area contributed by atoms with Crippen LogP contribution in [0.3, 0.4) is 0 Å². The fraction of sp³-hybridized carbons (Fsp3) is 0.125. The van der Waals surface area contributed by atoms with Crippen LogP contribution < -0.4 is 15.4 Å². The van der Waals surface area contributed by atoms with Gasteiger partial charge in [0.15, 0.2) is 0 Å². The molecule has 8 nitrogen and oxygen atoms in total. The molecular weight excluding hydrogens is 308 g/mol. The van der Waals surface area contributed by atoms with Crippen molar-refractivity contribution in [2.24, 2.45) is 0 Å². The number of carbonyl (C=O) groups is 1. The Morgan fingerprint density at radius 3 is 2.88 bits per heavy atom. The number of methoxy groups -OCH3 is 1. The van der Waals surface area contributed by atoms with E-state index in [0.29, 0.717) is 17.1 Å². The predicted octanol–water partition coefficient (Wildman–Crippen LogP) is 1.99. The number of nitrogens with zero attached hydrogens (tertiary/aromatic N) is 4. The number of pyridine rings is 1. The topological polar surface area (TPSA) is 94.0 Å². The molecule has 0 spiro atoms. The number of hydrogen-bond acceptors (Lipinski definition) is 5. The highest BCUT2D eigenvalue weighted by Crippen LogP contribution is 2.16. The van der Waals surface area contributed by atoms with Crippen molar-refractivity contribution < 1.29 is 9.53 Å². The molecule has 3 aromatic rings. The van der Waals surface area contributed by atoms with Gasteiger partial charge >= 0.3 is 6.03 Å². The first-order chi connectivity index (χ1) is 11.7. The number of benzene rings is 1. The molecule has 0 fully saturated rings. The van der Waals surface area contributed by atoms with E-state index in [-0.39, 0.29) is 12.6 Å². The van der Waals surface area contributed by atoms with Crippen LogP contribution in [-0.2, 0) is 6.54 Å². The Labute approximate surface area is 138 Å². The summed E-state index contributed by atoms with van der Waals surface area (Å²) in [6, 6.07) is 10.4. The zero-order chi connectivity index (χ0) is 16.8. The van der Waals surface area contributed by atoms with Crippen LogP contribution in [0.1, 0.15) is 5.69 Å². The Morgan fingerprint density at radius 1 is 1.25 bits per heavy atom. The minimum Gasteiger partial charge on any atom is -0.497 e. The summed E-state index contributed by atoms with van der Waals surface area (Å²) in [5.74, 6) is 0.674.